The zero-order valence-electron chi connectivity index (χ0n) is 12.4. The van der Waals surface area contributed by atoms with Crippen molar-refractivity contribution in [2.24, 2.45) is 5.92 Å². The molecule has 0 aliphatic carbocycles. The van der Waals surface area contributed by atoms with E-state index in [2.05, 4.69) is 19.9 Å². The summed E-state index contributed by atoms with van der Waals surface area (Å²) in [5.41, 5.74) is 0.144. The number of nitrogens with zero attached hydrogens (tertiary/aromatic N) is 4. The molecule has 0 saturated heterocycles. The summed E-state index contributed by atoms with van der Waals surface area (Å²) in [4.78, 5) is 21.7. The van der Waals surface area contributed by atoms with Gasteiger partial charge in [-0.05, 0) is 18.4 Å². The minimum atomic E-state index is -0.538. The Morgan fingerprint density at radius 2 is 2.41 bits per heavy atom. The fourth-order valence-electron chi connectivity index (χ4n) is 2.73. The monoisotopic (exact) mass is 303 g/mol. The van der Waals surface area contributed by atoms with E-state index in [0.29, 0.717) is 12.5 Å². The standard InChI is InChI=1S/C15H18FN5O/c1-20(15(22)19-13-2-4-17-9-12(13)16)10-11-3-6-21-7-5-18-14(21)8-11/h2,4-5,7,9,11H,3,6,8,10H2,1H3,(H,17,19,22)/t11-/m0/s1. The lowest BCUT2D eigenvalue weighted by Crippen LogP contribution is -2.37. The normalized spacial score (nSPS) is 16.9. The number of pyridine rings is 1. The maximum absolute atomic E-state index is 13.5. The highest BCUT2D eigenvalue weighted by Gasteiger charge is 2.22. The van der Waals surface area contributed by atoms with Crippen LogP contribution in [0.1, 0.15) is 12.2 Å². The molecule has 6 nitrogen and oxygen atoms in total. The molecule has 0 radical (unpaired) electrons. The molecular formula is C15H18FN5O. The number of amides is 2. The van der Waals surface area contributed by atoms with Gasteiger partial charge in [0.2, 0.25) is 0 Å². The third kappa shape index (κ3) is 3.08. The Morgan fingerprint density at radius 3 is 3.23 bits per heavy atom. The zero-order chi connectivity index (χ0) is 15.5. The van der Waals surface area contributed by atoms with Gasteiger partial charge in [0.15, 0.2) is 5.82 Å². The number of fused-ring (bicyclic) bond motifs is 1. The number of hydrogen-bond acceptors (Lipinski definition) is 3. The highest BCUT2D eigenvalue weighted by atomic mass is 19.1. The van der Waals surface area contributed by atoms with Gasteiger partial charge in [-0.1, -0.05) is 0 Å². The molecule has 0 spiro atoms. The number of aromatic nitrogens is 3. The predicted octanol–water partition coefficient (Wildman–Crippen LogP) is 2.14. The van der Waals surface area contributed by atoms with Gasteiger partial charge < -0.3 is 14.8 Å². The summed E-state index contributed by atoms with van der Waals surface area (Å²) in [7, 11) is 1.72. The van der Waals surface area contributed by atoms with Gasteiger partial charge in [-0.15, -0.1) is 0 Å². The number of rotatable bonds is 3. The third-order valence-electron chi connectivity index (χ3n) is 3.94. The summed E-state index contributed by atoms with van der Waals surface area (Å²) in [6.07, 6.45) is 8.17. The fourth-order valence-corrected chi connectivity index (χ4v) is 2.73. The van der Waals surface area contributed by atoms with Crippen molar-refractivity contribution in [3.05, 3.63) is 42.5 Å². The van der Waals surface area contributed by atoms with Gasteiger partial charge in [0.1, 0.15) is 5.82 Å². The topological polar surface area (TPSA) is 63.1 Å². The molecule has 0 aromatic carbocycles. The quantitative estimate of drug-likeness (QED) is 0.945. The summed E-state index contributed by atoms with van der Waals surface area (Å²) in [6.45, 7) is 1.54. The number of carbonyl (C=O) groups is 1. The highest BCUT2D eigenvalue weighted by molar-refractivity contribution is 5.89. The first-order chi connectivity index (χ1) is 10.6. The maximum atomic E-state index is 13.5. The first kappa shape index (κ1) is 14.5. The molecule has 1 aliphatic rings. The lowest BCUT2D eigenvalue weighted by atomic mass is 9.97. The molecule has 2 aromatic heterocycles. The zero-order valence-corrected chi connectivity index (χ0v) is 12.4. The summed E-state index contributed by atoms with van der Waals surface area (Å²) in [5.74, 6) is 0.891. The molecule has 2 amide bonds. The SMILES string of the molecule is CN(C[C@H]1CCn2ccnc2C1)C(=O)Nc1ccncc1F. The second-order valence-electron chi connectivity index (χ2n) is 5.56. The first-order valence-electron chi connectivity index (χ1n) is 7.25. The molecule has 0 saturated carbocycles. The number of nitrogens with one attached hydrogen (secondary N) is 1. The molecule has 1 aliphatic heterocycles. The molecule has 2 aromatic rings. The van der Waals surface area contributed by atoms with E-state index >= 15 is 0 Å². The van der Waals surface area contributed by atoms with Gasteiger partial charge in [0, 0.05) is 45.1 Å². The Bertz CT molecular complexity index is 671. The van der Waals surface area contributed by atoms with E-state index in [1.807, 2.05) is 6.20 Å². The summed E-state index contributed by atoms with van der Waals surface area (Å²) >= 11 is 0. The van der Waals surface area contributed by atoms with Crippen LogP contribution in [-0.2, 0) is 13.0 Å². The number of halogens is 1. The van der Waals surface area contributed by atoms with Crippen molar-refractivity contribution in [3.8, 4) is 0 Å². The van der Waals surface area contributed by atoms with Crippen LogP contribution in [0.25, 0.3) is 0 Å². The van der Waals surface area contributed by atoms with Crippen LogP contribution in [0.5, 0.6) is 0 Å². The molecule has 0 fully saturated rings. The van der Waals surface area contributed by atoms with Crippen LogP contribution in [-0.4, -0.2) is 39.1 Å². The van der Waals surface area contributed by atoms with Crippen molar-refractivity contribution in [1.82, 2.24) is 19.4 Å². The molecule has 22 heavy (non-hydrogen) atoms. The van der Waals surface area contributed by atoms with Crippen LogP contribution >= 0.6 is 0 Å². The number of urea groups is 1. The van der Waals surface area contributed by atoms with Gasteiger partial charge in [-0.3, -0.25) is 4.98 Å². The molecule has 3 rings (SSSR count). The predicted molar refractivity (Wildman–Crippen MR) is 79.9 cm³/mol. The van der Waals surface area contributed by atoms with Crippen molar-refractivity contribution in [2.75, 3.05) is 18.9 Å². The molecule has 0 bridgehead atoms. The van der Waals surface area contributed by atoms with E-state index < -0.39 is 5.82 Å². The van der Waals surface area contributed by atoms with Crippen LogP contribution in [0.15, 0.2) is 30.9 Å². The minimum Gasteiger partial charge on any atom is -0.335 e. The lowest BCUT2D eigenvalue weighted by Gasteiger charge is -2.27. The Labute approximate surface area is 128 Å². The minimum absolute atomic E-state index is 0.144. The molecule has 7 heteroatoms. The van der Waals surface area contributed by atoms with Crippen molar-refractivity contribution in [3.63, 3.8) is 0 Å². The number of carbonyl (C=O) groups excluding carboxylic acids is 1. The maximum Gasteiger partial charge on any atom is 0.321 e. The third-order valence-corrected chi connectivity index (χ3v) is 3.94. The number of imidazole rings is 1. The van der Waals surface area contributed by atoms with Crippen LogP contribution < -0.4 is 5.32 Å². The van der Waals surface area contributed by atoms with Gasteiger partial charge in [-0.2, -0.15) is 0 Å². The van der Waals surface area contributed by atoms with Crippen LogP contribution in [0.2, 0.25) is 0 Å². The van der Waals surface area contributed by atoms with Crippen molar-refractivity contribution in [2.45, 2.75) is 19.4 Å². The molecule has 116 valence electrons. The summed E-state index contributed by atoms with van der Waals surface area (Å²) in [5, 5.41) is 2.56. The van der Waals surface area contributed by atoms with Crippen LogP contribution in [0, 0.1) is 11.7 Å². The van der Waals surface area contributed by atoms with E-state index in [1.54, 1.807) is 18.1 Å². The first-order valence-corrected chi connectivity index (χ1v) is 7.25. The Balaban J connectivity index is 1.57. The average molecular weight is 303 g/mol. The second-order valence-corrected chi connectivity index (χ2v) is 5.56. The smallest absolute Gasteiger partial charge is 0.321 e. The van der Waals surface area contributed by atoms with E-state index in [4.69, 9.17) is 0 Å². The Morgan fingerprint density at radius 1 is 1.55 bits per heavy atom. The molecular weight excluding hydrogens is 285 g/mol. The Kier molecular flexibility index (Phi) is 4.04. The van der Waals surface area contributed by atoms with E-state index in [9.17, 15) is 9.18 Å². The van der Waals surface area contributed by atoms with E-state index in [0.717, 1.165) is 31.4 Å². The molecule has 1 atom stereocenters. The van der Waals surface area contributed by atoms with Crippen LogP contribution in [0.3, 0.4) is 0 Å². The number of aryl methyl sites for hydroxylation is 1. The van der Waals surface area contributed by atoms with Gasteiger partial charge in [0.05, 0.1) is 11.9 Å². The van der Waals surface area contributed by atoms with Crippen molar-refractivity contribution in [1.29, 1.82) is 0 Å². The lowest BCUT2D eigenvalue weighted by molar-refractivity contribution is 0.207. The fraction of sp³-hybridized carbons (Fsp3) is 0.400. The van der Waals surface area contributed by atoms with E-state index in [-0.39, 0.29) is 11.7 Å². The van der Waals surface area contributed by atoms with Gasteiger partial charge >= 0.3 is 6.03 Å². The van der Waals surface area contributed by atoms with E-state index in [1.165, 1.54) is 12.3 Å². The Hall–Kier alpha value is -2.44. The largest absolute Gasteiger partial charge is 0.335 e. The molecule has 0 unspecified atom stereocenters. The second kappa shape index (κ2) is 6.13. The van der Waals surface area contributed by atoms with Crippen molar-refractivity contribution >= 4 is 11.7 Å². The summed E-state index contributed by atoms with van der Waals surface area (Å²) in [6, 6.07) is 1.12. The summed E-state index contributed by atoms with van der Waals surface area (Å²) < 4.78 is 15.6. The van der Waals surface area contributed by atoms with Crippen LogP contribution in [0.4, 0.5) is 14.9 Å². The number of hydrogen-bond donors (Lipinski definition) is 1. The molecule has 3 heterocycles. The highest BCUT2D eigenvalue weighted by Crippen LogP contribution is 2.20. The number of anilines is 1. The average Bonchev–Trinajstić information content (AvgIpc) is 2.97. The van der Waals surface area contributed by atoms with Gasteiger partial charge in [-0.25, -0.2) is 14.2 Å². The van der Waals surface area contributed by atoms with Gasteiger partial charge in [0.25, 0.3) is 0 Å². The van der Waals surface area contributed by atoms with Crippen molar-refractivity contribution < 1.29 is 9.18 Å². The molecule has 1 N–H and O–H groups in total.